The lowest BCUT2D eigenvalue weighted by Gasteiger charge is -2.28. The van der Waals surface area contributed by atoms with Crippen LogP contribution in [0.5, 0.6) is 5.75 Å². The highest BCUT2D eigenvalue weighted by Gasteiger charge is 2.42. The number of methoxy groups -OCH3 is 1. The number of nitrogens with zero attached hydrogens (tertiary/aromatic N) is 4. The van der Waals surface area contributed by atoms with Gasteiger partial charge in [-0.1, -0.05) is 29.5 Å². The molecule has 0 aliphatic carbocycles. The van der Waals surface area contributed by atoms with Crippen LogP contribution in [0.2, 0.25) is 0 Å². The highest BCUT2D eigenvalue weighted by atomic mass is 32.2. The van der Waals surface area contributed by atoms with Gasteiger partial charge in [0.25, 0.3) is 10.0 Å². The molecule has 1 aliphatic heterocycles. The van der Waals surface area contributed by atoms with Crippen LogP contribution < -0.4 is 9.64 Å². The van der Waals surface area contributed by atoms with Gasteiger partial charge in [0.1, 0.15) is 21.5 Å². The van der Waals surface area contributed by atoms with Crippen LogP contribution in [0.1, 0.15) is 24.1 Å². The summed E-state index contributed by atoms with van der Waals surface area (Å²) in [5, 5.41) is 2.22. The predicted octanol–water partition coefficient (Wildman–Crippen LogP) is 4.46. The van der Waals surface area contributed by atoms with E-state index in [1.54, 1.807) is 35.7 Å². The van der Waals surface area contributed by atoms with Gasteiger partial charge in [0, 0.05) is 12.7 Å². The number of thiazole rings is 1. The number of amides is 1. The Morgan fingerprint density at radius 3 is 2.80 bits per heavy atom. The van der Waals surface area contributed by atoms with E-state index in [9.17, 15) is 13.2 Å². The van der Waals surface area contributed by atoms with Gasteiger partial charge in [-0.05, 0) is 55.0 Å². The van der Waals surface area contributed by atoms with Crippen LogP contribution in [0.25, 0.3) is 10.2 Å². The maximum absolute atomic E-state index is 14.0. The maximum atomic E-state index is 14.0. The Morgan fingerprint density at radius 2 is 2.09 bits per heavy atom. The lowest BCUT2D eigenvalue weighted by molar-refractivity contribution is -0.121. The number of benzene rings is 1. The zero-order valence-electron chi connectivity index (χ0n) is 19.2. The van der Waals surface area contributed by atoms with Crippen LogP contribution in [0.4, 0.5) is 5.13 Å². The van der Waals surface area contributed by atoms with Gasteiger partial charge in [-0.25, -0.2) is 13.4 Å². The number of ether oxygens (including phenoxy) is 1. The van der Waals surface area contributed by atoms with E-state index in [2.05, 4.69) is 4.98 Å². The first-order valence-corrected chi connectivity index (χ1v) is 14.2. The number of carbonyl (C=O) groups excluding carboxylic acids is 1. The summed E-state index contributed by atoms with van der Waals surface area (Å²) >= 11 is 2.55. The zero-order valence-corrected chi connectivity index (χ0v) is 21.7. The van der Waals surface area contributed by atoms with Crippen LogP contribution >= 0.6 is 22.7 Å². The number of carbonyl (C=O) groups is 1. The van der Waals surface area contributed by atoms with Gasteiger partial charge in [-0.3, -0.25) is 14.7 Å². The van der Waals surface area contributed by atoms with E-state index >= 15 is 0 Å². The van der Waals surface area contributed by atoms with Gasteiger partial charge in [-0.2, -0.15) is 4.31 Å². The van der Waals surface area contributed by atoms with Crippen molar-refractivity contribution < 1.29 is 17.9 Å². The highest BCUT2D eigenvalue weighted by molar-refractivity contribution is 7.91. The molecule has 1 aliphatic rings. The van der Waals surface area contributed by atoms with E-state index in [4.69, 9.17) is 9.72 Å². The first kappa shape index (κ1) is 23.9. The van der Waals surface area contributed by atoms with Crippen molar-refractivity contribution in [1.82, 2.24) is 14.3 Å². The number of hydrogen-bond acceptors (Lipinski definition) is 8. The Morgan fingerprint density at radius 1 is 1.23 bits per heavy atom. The number of sulfonamides is 1. The Labute approximate surface area is 211 Å². The molecule has 0 spiro atoms. The van der Waals surface area contributed by atoms with Gasteiger partial charge in [-0.15, -0.1) is 11.3 Å². The molecule has 11 heteroatoms. The summed E-state index contributed by atoms with van der Waals surface area (Å²) in [5.41, 5.74) is 2.40. The number of thiophene rings is 1. The summed E-state index contributed by atoms with van der Waals surface area (Å²) in [4.78, 5) is 24.8. The molecule has 3 aromatic heterocycles. The topological polar surface area (TPSA) is 92.7 Å². The first-order chi connectivity index (χ1) is 16.9. The van der Waals surface area contributed by atoms with E-state index in [0.717, 1.165) is 21.6 Å². The molecule has 1 fully saturated rings. The number of rotatable bonds is 7. The quantitative estimate of drug-likeness (QED) is 0.352. The summed E-state index contributed by atoms with van der Waals surface area (Å²) in [5.74, 6) is 0.324. The van der Waals surface area contributed by atoms with Crippen molar-refractivity contribution in [3.63, 3.8) is 0 Å². The largest absolute Gasteiger partial charge is 0.494 e. The average molecular weight is 529 g/mol. The Bertz CT molecular complexity index is 1450. The fourth-order valence-electron chi connectivity index (χ4n) is 4.25. The summed E-state index contributed by atoms with van der Waals surface area (Å²) in [6.45, 7) is 2.48. The van der Waals surface area contributed by atoms with Gasteiger partial charge in [0.05, 0.1) is 24.0 Å². The normalized spacial score (nSPS) is 16.6. The Balaban J connectivity index is 1.57. The molecule has 0 bridgehead atoms. The highest BCUT2D eigenvalue weighted by Crippen LogP contribution is 2.38. The van der Waals surface area contributed by atoms with E-state index < -0.39 is 16.1 Å². The minimum absolute atomic E-state index is 0.185. The molecule has 4 heterocycles. The van der Waals surface area contributed by atoms with E-state index in [1.165, 1.54) is 15.6 Å². The third kappa shape index (κ3) is 4.44. The maximum Gasteiger partial charge on any atom is 0.253 e. The summed E-state index contributed by atoms with van der Waals surface area (Å²) in [6, 6.07) is 11.8. The smallest absolute Gasteiger partial charge is 0.253 e. The number of fused-ring (bicyclic) bond motifs is 1. The molecule has 1 aromatic carbocycles. The van der Waals surface area contributed by atoms with Crippen molar-refractivity contribution in [2.24, 2.45) is 0 Å². The molecule has 35 heavy (non-hydrogen) atoms. The van der Waals surface area contributed by atoms with Gasteiger partial charge in [0.15, 0.2) is 5.13 Å². The van der Waals surface area contributed by atoms with E-state index in [1.807, 2.05) is 37.3 Å². The summed E-state index contributed by atoms with van der Waals surface area (Å²) in [7, 11) is -2.18. The third-order valence-electron chi connectivity index (χ3n) is 6.00. The van der Waals surface area contributed by atoms with Crippen LogP contribution in [0.3, 0.4) is 0 Å². The molecule has 5 rings (SSSR count). The molecular formula is C24H24N4O4S3. The number of anilines is 1. The van der Waals surface area contributed by atoms with Crippen molar-refractivity contribution in [3.05, 3.63) is 65.3 Å². The second-order valence-corrected chi connectivity index (χ2v) is 12.3. The lowest BCUT2D eigenvalue weighted by Crippen LogP contribution is -2.47. The lowest BCUT2D eigenvalue weighted by atomic mass is 10.2. The van der Waals surface area contributed by atoms with Crippen LogP contribution in [-0.2, 0) is 21.4 Å². The standard InChI is InChI=1S/C24H24N4O4S3/c1-16-10-11-19(32-2)21-22(16)34-24(26-21)27(15-17-7-3-4-12-25-17)23(29)18-8-5-13-28(18)35(30,31)20-9-6-14-33-20/h3-4,6-7,9-12,14,18H,5,8,13,15H2,1-2H3. The molecule has 1 saturated heterocycles. The average Bonchev–Trinajstić information content (AvgIpc) is 3.64. The second kappa shape index (κ2) is 9.65. The number of hydrogen-bond donors (Lipinski definition) is 0. The Hall–Kier alpha value is -2.86. The zero-order chi connectivity index (χ0) is 24.6. The SMILES string of the molecule is COc1ccc(C)c2sc(N(Cc3ccccn3)C(=O)C3CCCN3S(=O)(=O)c3cccs3)nc12. The van der Waals surface area contributed by atoms with Crippen LogP contribution in [-0.4, -0.2) is 48.3 Å². The molecule has 8 nitrogen and oxygen atoms in total. The molecule has 182 valence electrons. The molecule has 4 aromatic rings. The molecule has 0 radical (unpaired) electrons. The fraction of sp³-hybridized carbons (Fsp3) is 0.292. The van der Waals surface area contributed by atoms with Gasteiger partial charge >= 0.3 is 0 Å². The first-order valence-electron chi connectivity index (χ1n) is 11.1. The molecule has 0 N–H and O–H groups in total. The predicted molar refractivity (Wildman–Crippen MR) is 138 cm³/mol. The minimum Gasteiger partial charge on any atom is -0.494 e. The summed E-state index contributed by atoms with van der Waals surface area (Å²) in [6.07, 6.45) is 2.74. The van der Waals surface area contributed by atoms with Crippen LogP contribution in [0, 0.1) is 6.92 Å². The number of aryl methyl sites for hydroxylation is 1. The molecule has 1 amide bonds. The number of aromatic nitrogens is 2. The molecule has 1 unspecified atom stereocenters. The fourth-order valence-corrected chi connectivity index (χ4v) is 8.08. The van der Waals surface area contributed by atoms with Crippen molar-refractivity contribution in [2.75, 3.05) is 18.6 Å². The van der Waals surface area contributed by atoms with Crippen molar-refractivity contribution in [3.8, 4) is 5.75 Å². The number of pyridine rings is 1. The molecule has 0 saturated carbocycles. The van der Waals surface area contributed by atoms with Crippen molar-refractivity contribution in [2.45, 2.75) is 36.6 Å². The van der Waals surface area contributed by atoms with Crippen molar-refractivity contribution in [1.29, 1.82) is 0 Å². The Kier molecular flexibility index (Phi) is 6.58. The van der Waals surface area contributed by atoms with Crippen molar-refractivity contribution >= 4 is 54.0 Å². The van der Waals surface area contributed by atoms with Gasteiger partial charge in [0.2, 0.25) is 5.91 Å². The van der Waals surface area contributed by atoms with E-state index in [-0.39, 0.29) is 16.7 Å². The molecular weight excluding hydrogens is 504 g/mol. The summed E-state index contributed by atoms with van der Waals surface area (Å²) < 4.78 is 34.6. The third-order valence-corrected chi connectivity index (χ3v) is 10.5. The monoisotopic (exact) mass is 528 g/mol. The molecule has 1 atom stereocenters. The second-order valence-electron chi connectivity index (χ2n) is 8.21. The van der Waals surface area contributed by atoms with E-state index in [0.29, 0.717) is 41.5 Å². The van der Waals surface area contributed by atoms with Crippen LogP contribution in [0.15, 0.2) is 58.3 Å². The van der Waals surface area contributed by atoms with Gasteiger partial charge < -0.3 is 4.74 Å². The minimum atomic E-state index is -3.77.